The molecular weight excluding hydrogens is 324 g/mol. The number of carbonyl (C=O) groups excluding carboxylic acids is 4. The maximum absolute atomic E-state index is 12.1. The number of fused-ring (bicyclic) bond motifs is 1. The summed E-state index contributed by atoms with van der Waals surface area (Å²) in [6.45, 7) is 1.09. The van der Waals surface area contributed by atoms with E-state index in [2.05, 4.69) is 5.32 Å². The highest BCUT2D eigenvalue weighted by Gasteiger charge is 2.37. The lowest BCUT2D eigenvalue weighted by Crippen LogP contribution is -2.43. The van der Waals surface area contributed by atoms with Crippen molar-refractivity contribution in [3.63, 3.8) is 0 Å². The Morgan fingerprint density at radius 2 is 1.92 bits per heavy atom. The van der Waals surface area contributed by atoms with Gasteiger partial charge in [0.1, 0.15) is 6.54 Å². The highest BCUT2D eigenvalue weighted by Crippen LogP contribution is 2.28. The van der Waals surface area contributed by atoms with Gasteiger partial charge in [-0.05, 0) is 31.9 Å². The summed E-state index contributed by atoms with van der Waals surface area (Å²) in [5.74, 6) is -2.48. The van der Waals surface area contributed by atoms with Crippen LogP contribution in [0.1, 0.15) is 43.0 Å². The van der Waals surface area contributed by atoms with Crippen molar-refractivity contribution in [1.82, 2.24) is 5.32 Å². The van der Waals surface area contributed by atoms with Gasteiger partial charge < -0.3 is 10.1 Å². The Hall–Kier alpha value is -2.70. The van der Waals surface area contributed by atoms with Crippen LogP contribution in [-0.4, -0.2) is 42.3 Å². The Morgan fingerprint density at radius 3 is 2.64 bits per heavy atom. The molecule has 1 aromatic rings. The van der Waals surface area contributed by atoms with Gasteiger partial charge in [-0.3, -0.25) is 24.1 Å². The fourth-order valence-corrected chi connectivity index (χ4v) is 3.21. The highest BCUT2D eigenvalue weighted by molar-refractivity contribution is 6.52. The first kappa shape index (κ1) is 17.1. The first-order valence-corrected chi connectivity index (χ1v) is 8.42. The lowest BCUT2D eigenvalue weighted by molar-refractivity contribution is -0.154. The number of benzene rings is 1. The van der Waals surface area contributed by atoms with Crippen LogP contribution in [0, 0.1) is 0 Å². The van der Waals surface area contributed by atoms with Gasteiger partial charge in [0.2, 0.25) is 0 Å². The van der Waals surface area contributed by atoms with Crippen molar-refractivity contribution in [2.45, 2.75) is 44.8 Å². The van der Waals surface area contributed by atoms with Gasteiger partial charge in [-0.15, -0.1) is 0 Å². The minimum atomic E-state index is -0.947. The van der Waals surface area contributed by atoms with E-state index < -0.39 is 30.3 Å². The number of anilines is 1. The number of hydrogen-bond acceptors (Lipinski definition) is 5. The number of nitrogens with one attached hydrogen (secondary N) is 1. The fraction of sp³-hybridized carbons (Fsp3) is 0.444. The quantitative estimate of drug-likeness (QED) is 0.640. The minimum absolute atomic E-state index is 0.137. The lowest BCUT2D eigenvalue weighted by Gasteiger charge is -2.19. The first-order valence-electron chi connectivity index (χ1n) is 8.42. The van der Waals surface area contributed by atoms with Crippen LogP contribution in [0.4, 0.5) is 5.69 Å². The third kappa shape index (κ3) is 3.55. The van der Waals surface area contributed by atoms with Gasteiger partial charge in [-0.25, -0.2) is 0 Å². The first-order chi connectivity index (χ1) is 12.0. The van der Waals surface area contributed by atoms with Gasteiger partial charge in [0, 0.05) is 6.04 Å². The van der Waals surface area contributed by atoms with E-state index in [1.807, 2.05) is 0 Å². The number of esters is 1. The molecule has 1 atom stereocenters. The van der Waals surface area contributed by atoms with E-state index in [9.17, 15) is 19.2 Å². The third-order valence-electron chi connectivity index (χ3n) is 4.55. The second-order valence-corrected chi connectivity index (χ2v) is 6.36. The molecule has 25 heavy (non-hydrogen) atoms. The normalized spacial score (nSPS) is 18.2. The molecule has 0 unspecified atom stereocenters. The average molecular weight is 344 g/mol. The zero-order chi connectivity index (χ0) is 18.0. The summed E-state index contributed by atoms with van der Waals surface area (Å²) in [5.41, 5.74) is 0.657. The largest absolute Gasteiger partial charge is 0.451 e. The van der Waals surface area contributed by atoms with Crippen molar-refractivity contribution in [3.8, 4) is 0 Å². The predicted octanol–water partition coefficient (Wildman–Crippen LogP) is 1.21. The van der Waals surface area contributed by atoms with Crippen molar-refractivity contribution in [2.75, 3.05) is 11.4 Å². The fourth-order valence-electron chi connectivity index (χ4n) is 3.21. The molecule has 1 aliphatic heterocycles. The van der Waals surface area contributed by atoms with Crippen LogP contribution < -0.4 is 10.2 Å². The molecule has 0 aromatic heterocycles. The van der Waals surface area contributed by atoms with Crippen LogP contribution in [-0.2, 0) is 19.1 Å². The number of hydrogen-bond donors (Lipinski definition) is 1. The molecule has 0 bridgehead atoms. The molecule has 7 heteroatoms. The molecule has 3 rings (SSSR count). The van der Waals surface area contributed by atoms with Crippen LogP contribution >= 0.6 is 0 Å². The Kier molecular flexibility index (Phi) is 4.83. The SMILES string of the molecule is C[C@H](OC(=O)CN1C(=O)C(=O)c2ccccc21)C(=O)NC1CCCC1. The van der Waals surface area contributed by atoms with Gasteiger partial charge in [0.25, 0.3) is 17.6 Å². The zero-order valence-electron chi connectivity index (χ0n) is 14.0. The average Bonchev–Trinajstić information content (AvgIpc) is 3.18. The van der Waals surface area contributed by atoms with Crippen molar-refractivity contribution in [2.24, 2.45) is 0 Å². The van der Waals surface area contributed by atoms with Gasteiger partial charge in [-0.1, -0.05) is 25.0 Å². The summed E-state index contributed by atoms with van der Waals surface area (Å²) in [6.07, 6.45) is 3.10. The van der Waals surface area contributed by atoms with E-state index >= 15 is 0 Å². The standard InChI is InChI=1S/C18H20N2O5/c1-11(17(23)19-12-6-2-3-7-12)25-15(21)10-20-14-9-5-4-8-13(14)16(22)18(20)24/h4-5,8-9,11-12H,2-3,6-7,10H2,1H3,(H,19,23)/t11-/m0/s1. The van der Waals surface area contributed by atoms with Crippen LogP contribution in [0.25, 0.3) is 0 Å². The van der Waals surface area contributed by atoms with Crippen LogP contribution in [0.3, 0.4) is 0 Å². The number of ketones is 1. The van der Waals surface area contributed by atoms with Crippen molar-refractivity contribution >= 4 is 29.3 Å². The summed E-state index contributed by atoms with van der Waals surface area (Å²) in [4.78, 5) is 49.2. The Balaban J connectivity index is 1.58. The third-order valence-corrected chi connectivity index (χ3v) is 4.55. The predicted molar refractivity (Wildman–Crippen MR) is 89.1 cm³/mol. The maximum atomic E-state index is 12.1. The summed E-state index contributed by atoms with van der Waals surface area (Å²) in [6, 6.07) is 6.61. The number of ether oxygens (including phenoxy) is 1. The topological polar surface area (TPSA) is 92.8 Å². The second-order valence-electron chi connectivity index (χ2n) is 6.36. The van der Waals surface area contributed by atoms with E-state index in [0.29, 0.717) is 5.69 Å². The molecule has 132 valence electrons. The van der Waals surface area contributed by atoms with E-state index in [1.165, 1.54) is 6.92 Å². The molecule has 7 nitrogen and oxygen atoms in total. The van der Waals surface area contributed by atoms with E-state index in [1.54, 1.807) is 24.3 Å². The molecule has 2 amide bonds. The molecular formula is C18H20N2O5. The Labute approximate surface area is 145 Å². The Morgan fingerprint density at radius 1 is 1.24 bits per heavy atom. The van der Waals surface area contributed by atoms with Gasteiger partial charge in [0.05, 0.1) is 11.3 Å². The highest BCUT2D eigenvalue weighted by atomic mass is 16.5. The molecule has 2 aliphatic rings. The number of amides is 2. The summed E-state index contributed by atoms with van der Waals surface area (Å²) in [7, 11) is 0. The van der Waals surface area contributed by atoms with Gasteiger partial charge in [-0.2, -0.15) is 0 Å². The molecule has 0 spiro atoms. The molecule has 1 heterocycles. The monoisotopic (exact) mass is 344 g/mol. The summed E-state index contributed by atoms with van der Waals surface area (Å²) in [5, 5.41) is 2.86. The minimum Gasteiger partial charge on any atom is -0.451 e. The van der Waals surface area contributed by atoms with Gasteiger partial charge >= 0.3 is 5.97 Å². The summed E-state index contributed by atoms with van der Waals surface area (Å²) >= 11 is 0. The number of Topliss-reactive ketones (excluding diaryl/α,β-unsaturated/α-hetero) is 1. The number of para-hydroxylation sites is 1. The Bertz CT molecular complexity index is 724. The summed E-state index contributed by atoms with van der Waals surface area (Å²) < 4.78 is 5.13. The second kappa shape index (κ2) is 7.04. The van der Waals surface area contributed by atoms with Crippen molar-refractivity contribution in [3.05, 3.63) is 29.8 Å². The maximum Gasteiger partial charge on any atom is 0.326 e. The molecule has 0 radical (unpaired) electrons. The van der Waals surface area contributed by atoms with E-state index in [0.717, 1.165) is 30.6 Å². The van der Waals surface area contributed by atoms with E-state index in [-0.39, 0.29) is 17.5 Å². The zero-order valence-corrected chi connectivity index (χ0v) is 14.0. The molecule has 1 aliphatic carbocycles. The van der Waals surface area contributed by atoms with Crippen LogP contribution in [0.5, 0.6) is 0 Å². The molecule has 1 N–H and O–H groups in total. The van der Waals surface area contributed by atoms with Gasteiger partial charge in [0.15, 0.2) is 6.10 Å². The van der Waals surface area contributed by atoms with Crippen molar-refractivity contribution < 1.29 is 23.9 Å². The molecule has 1 aromatic carbocycles. The molecule has 1 fully saturated rings. The van der Waals surface area contributed by atoms with E-state index in [4.69, 9.17) is 4.74 Å². The van der Waals surface area contributed by atoms with Crippen molar-refractivity contribution in [1.29, 1.82) is 0 Å². The van der Waals surface area contributed by atoms with Crippen LogP contribution in [0.2, 0.25) is 0 Å². The molecule has 0 saturated heterocycles. The smallest absolute Gasteiger partial charge is 0.326 e. The number of carbonyl (C=O) groups is 4. The lowest BCUT2D eigenvalue weighted by atomic mass is 10.1. The number of nitrogens with zero attached hydrogens (tertiary/aromatic N) is 1. The molecule has 1 saturated carbocycles. The number of rotatable bonds is 5. The van der Waals surface area contributed by atoms with Crippen LogP contribution in [0.15, 0.2) is 24.3 Å².